The van der Waals surface area contributed by atoms with E-state index in [9.17, 15) is 14.7 Å². The minimum Gasteiger partial charge on any atom is -0.375 e. The highest BCUT2D eigenvalue weighted by Crippen LogP contribution is 2.45. The molecule has 1 aliphatic rings. The van der Waals surface area contributed by atoms with Gasteiger partial charge in [-0.2, -0.15) is 0 Å². The van der Waals surface area contributed by atoms with Crippen LogP contribution in [0.1, 0.15) is 58.9 Å². The number of hydrogen-bond acceptors (Lipinski definition) is 4. The van der Waals surface area contributed by atoms with Crippen LogP contribution in [0.3, 0.4) is 0 Å². The Labute approximate surface area is 196 Å². The van der Waals surface area contributed by atoms with Gasteiger partial charge in [0.05, 0.1) is 18.7 Å². The number of pyridine rings is 1. The van der Waals surface area contributed by atoms with Crippen molar-refractivity contribution in [3.8, 4) is 0 Å². The van der Waals surface area contributed by atoms with Crippen LogP contribution in [0.2, 0.25) is 0 Å². The summed E-state index contributed by atoms with van der Waals surface area (Å²) < 4.78 is 0.729. The zero-order chi connectivity index (χ0) is 23.0. The number of aromatic nitrogens is 1. The number of aryl methyl sites for hydroxylation is 1. The Hall–Kier alpha value is -2.83. The van der Waals surface area contributed by atoms with Crippen LogP contribution in [0, 0.1) is 6.92 Å². The van der Waals surface area contributed by atoms with E-state index in [4.69, 9.17) is 0 Å². The number of rotatable bonds is 6. The van der Waals surface area contributed by atoms with Crippen molar-refractivity contribution in [1.82, 2.24) is 4.98 Å². The van der Waals surface area contributed by atoms with E-state index in [1.165, 1.54) is 11.8 Å². The molecule has 1 N–H and O–H groups in total. The zero-order valence-electron chi connectivity index (χ0n) is 18.3. The lowest BCUT2D eigenvalue weighted by Crippen LogP contribution is -2.41. The van der Waals surface area contributed by atoms with Crippen molar-refractivity contribution >= 4 is 33.3 Å². The predicted molar refractivity (Wildman–Crippen MR) is 128 cm³/mol. The van der Waals surface area contributed by atoms with Gasteiger partial charge >= 0.3 is 0 Å². The number of hydrogen-bond donors (Lipinski definition) is 1. The van der Waals surface area contributed by atoms with Crippen LogP contribution in [-0.4, -0.2) is 21.8 Å². The van der Waals surface area contributed by atoms with E-state index in [-0.39, 0.29) is 17.9 Å². The van der Waals surface area contributed by atoms with Crippen LogP contribution in [-0.2, 0) is 16.9 Å². The summed E-state index contributed by atoms with van der Waals surface area (Å²) in [7, 11) is 0. The van der Waals surface area contributed by atoms with E-state index >= 15 is 0 Å². The molecule has 0 fully saturated rings. The average Bonchev–Trinajstić information content (AvgIpc) is 2.97. The van der Waals surface area contributed by atoms with Crippen molar-refractivity contribution in [2.45, 2.75) is 45.3 Å². The van der Waals surface area contributed by atoms with E-state index in [0.29, 0.717) is 23.7 Å². The van der Waals surface area contributed by atoms with Gasteiger partial charge in [-0.15, -0.1) is 0 Å². The molecule has 0 bridgehead atoms. The molecule has 0 radical (unpaired) electrons. The number of amides is 1. The third-order valence-corrected chi connectivity index (χ3v) is 6.52. The molecule has 1 aromatic heterocycles. The van der Waals surface area contributed by atoms with E-state index in [0.717, 1.165) is 15.6 Å². The Balaban J connectivity index is 1.73. The molecule has 0 aliphatic carbocycles. The molecule has 1 atom stereocenters. The normalized spacial score (nSPS) is 17.7. The second-order valence-electron chi connectivity index (χ2n) is 8.57. The van der Waals surface area contributed by atoms with Gasteiger partial charge in [-0.25, -0.2) is 0 Å². The molecule has 6 heteroatoms. The molecular formula is C26H25BrN2O3. The molecule has 2 aromatic carbocycles. The van der Waals surface area contributed by atoms with E-state index in [1.54, 1.807) is 29.2 Å². The lowest BCUT2D eigenvalue weighted by molar-refractivity contribution is -0.136. The summed E-state index contributed by atoms with van der Waals surface area (Å²) in [4.78, 5) is 32.1. The van der Waals surface area contributed by atoms with Crippen molar-refractivity contribution in [2.24, 2.45) is 0 Å². The third-order valence-electron chi connectivity index (χ3n) is 6.03. The van der Waals surface area contributed by atoms with Crippen LogP contribution < -0.4 is 4.90 Å². The summed E-state index contributed by atoms with van der Waals surface area (Å²) in [6, 6.07) is 16.7. The number of ketones is 1. The van der Waals surface area contributed by atoms with Crippen molar-refractivity contribution in [1.29, 1.82) is 0 Å². The number of Topliss-reactive ketones (excluding diaryl/α,β-unsaturated/α-hetero) is 1. The average molecular weight is 493 g/mol. The fraction of sp³-hybridized carbons (Fsp3) is 0.269. The number of benzene rings is 2. The molecule has 164 valence electrons. The van der Waals surface area contributed by atoms with Gasteiger partial charge in [0.15, 0.2) is 11.4 Å². The number of carbonyl (C=O) groups is 2. The molecule has 0 spiro atoms. The molecule has 5 nitrogen and oxygen atoms in total. The highest BCUT2D eigenvalue weighted by Gasteiger charge is 2.51. The minimum atomic E-state index is -1.95. The first-order valence-corrected chi connectivity index (χ1v) is 11.4. The third kappa shape index (κ3) is 4.00. The lowest BCUT2D eigenvalue weighted by Gasteiger charge is -2.23. The maximum Gasteiger partial charge on any atom is 0.264 e. The van der Waals surface area contributed by atoms with Crippen LogP contribution in [0.4, 0.5) is 5.69 Å². The molecule has 4 rings (SSSR count). The minimum absolute atomic E-state index is 0.226. The lowest BCUT2D eigenvalue weighted by atomic mass is 9.89. The second kappa shape index (κ2) is 8.60. The predicted octanol–water partition coefficient (Wildman–Crippen LogP) is 5.28. The van der Waals surface area contributed by atoms with Gasteiger partial charge in [0, 0.05) is 16.2 Å². The fourth-order valence-electron chi connectivity index (χ4n) is 4.09. The Morgan fingerprint density at radius 2 is 1.94 bits per heavy atom. The maximum absolute atomic E-state index is 13.6. The fourth-order valence-corrected chi connectivity index (χ4v) is 4.45. The summed E-state index contributed by atoms with van der Waals surface area (Å²) in [5, 5.41) is 11.6. The van der Waals surface area contributed by atoms with Gasteiger partial charge in [0.1, 0.15) is 5.69 Å². The highest BCUT2D eigenvalue weighted by atomic mass is 79.9. The molecule has 1 aliphatic heterocycles. The van der Waals surface area contributed by atoms with Gasteiger partial charge in [0.2, 0.25) is 0 Å². The highest BCUT2D eigenvalue weighted by molar-refractivity contribution is 9.10. The molecule has 32 heavy (non-hydrogen) atoms. The van der Waals surface area contributed by atoms with Crippen molar-refractivity contribution < 1.29 is 14.7 Å². The van der Waals surface area contributed by atoms with Crippen LogP contribution in [0.5, 0.6) is 0 Å². The summed E-state index contributed by atoms with van der Waals surface area (Å²) >= 11 is 3.43. The largest absolute Gasteiger partial charge is 0.375 e. The van der Waals surface area contributed by atoms with Gasteiger partial charge in [0.25, 0.3) is 5.91 Å². The summed E-state index contributed by atoms with van der Waals surface area (Å²) in [5.41, 5.74) is 2.59. The molecule has 0 saturated carbocycles. The van der Waals surface area contributed by atoms with E-state index in [1.807, 2.05) is 19.1 Å². The van der Waals surface area contributed by atoms with E-state index < -0.39 is 11.5 Å². The first-order valence-electron chi connectivity index (χ1n) is 10.6. The SMILES string of the molecule is Cc1ccc(C(C)C)cc1CN1C(=O)[C@](O)(CC(=O)c2ccccn2)c2cc(Br)ccc21. The molecule has 3 aromatic rings. The van der Waals surface area contributed by atoms with Crippen molar-refractivity contribution in [3.63, 3.8) is 0 Å². The van der Waals surface area contributed by atoms with Crippen molar-refractivity contribution in [2.75, 3.05) is 4.90 Å². The first-order chi connectivity index (χ1) is 15.2. The number of aliphatic hydroxyl groups is 1. The van der Waals surface area contributed by atoms with Gasteiger partial charge in [-0.3, -0.25) is 14.6 Å². The summed E-state index contributed by atoms with van der Waals surface area (Å²) in [6.07, 6.45) is 1.16. The Morgan fingerprint density at radius 1 is 1.16 bits per heavy atom. The maximum atomic E-state index is 13.6. The second-order valence-corrected chi connectivity index (χ2v) is 9.48. The molecule has 0 saturated heterocycles. The first kappa shape index (κ1) is 22.4. The molecule has 1 amide bonds. The molecular weight excluding hydrogens is 468 g/mol. The number of nitrogens with zero attached hydrogens (tertiary/aromatic N) is 2. The smallest absolute Gasteiger partial charge is 0.264 e. The van der Waals surface area contributed by atoms with Gasteiger partial charge in [-0.1, -0.05) is 54.0 Å². The Morgan fingerprint density at radius 3 is 2.62 bits per heavy atom. The van der Waals surface area contributed by atoms with Gasteiger partial charge < -0.3 is 10.0 Å². The quantitative estimate of drug-likeness (QED) is 0.475. The summed E-state index contributed by atoms with van der Waals surface area (Å²) in [5.74, 6) is -0.517. The number of anilines is 1. The van der Waals surface area contributed by atoms with Crippen molar-refractivity contribution in [3.05, 3.63) is 93.2 Å². The van der Waals surface area contributed by atoms with E-state index in [2.05, 4.69) is 53.0 Å². The monoisotopic (exact) mass is 492 g/mol. The Kier molecular flexibility index (Phi) is 6.01. The topological polar surface area (TPSA) is 70.5 Å². The summed E-state index contributed by atoms with van der Waals surface area (Å²) in [6.45, 7) is 6.59. The van der Waals surface area contributed by atoms with Crippen LogP contribution in [0.15, 0.2) is 65.3 Å². The molecule has 0 unspecified atom stereocenters. The Bertz CT molecular complexity index is 1190. The standard InChI is InChI=1S/C26H25BrN2O3/c1-16(2)18-8-7-17(3)19(12-18)15-29-23-10-9-20(27)13-21(23)26(32,25(29)31)14-24(30)22-6-4-5-11-28-22/h4-13,16,32H,14-15H2,1-3H3/t26-/m0/s1. The number of fused-ring (bicyclic) bond motifs is 1. The molecule has 2 heterocycles. The van der Waals surface area contributed by atoms with Crippen LogP contribution >= 0.6 is 15.9 Å². The number of carbonyl (C=O) groups excluding carboxylic acids is 2. The number of halogens is 1. The van der Waals surface area contributed by atoms with Crippen LogP contribution in [0.25, 0.3) is 0 Å². The zero-order valence-corrected chi connectivity index (χ0v) is 19.9. The van der Waals surface area contributed by atoms with Gasteiger partial charge in [-0.05, 0) is 59.9 Å².